The van der Waals surface area contributed by atoms with Crippen LogP contribution < -0.4 is 5.32 Å². The van der Waals surface area contributed by atoms with Gasteiger partial charge in [0.2, 0.25) is 0 Å². The lowest BCUT2D eigenvalue weighted by Gasteiger charge is -2.39. The molecule has 3 nitrogen and oxygen atoms in total. The number of hydrogen-bond acceptors (Lipinski definition) is 3. The molecule has 2 aliphatic rings. The number of hydrazine groups is 1. The van der Waals surface area contributed by atoms with Crippen LogP contribution in [0.25, 0.3) is 0 Å². The smallest absolute Gasteiger partial charge is 0.0214 e. The van der Waals surface area contributed by atoms with Gasteiger partial charge in [0.25, 0.3) is 0 Å². The molecule has 2 saturated heterocycles. The first-order valence-electron chi connectivity index (χ1n) is 4.35. The van der Waals surface area contributed by atoms with Crippen molar-refractivity contribution in [3.05, 3.63) is 0 Å². The Morgan fingerprint density at radius 2 is 2.09 bits per heavy atom. The largest absolute Gasteiger partial charge is 0.315 e. The second kappa shape index (κ2) is 2.44. The predicted octanol–water partition coefficient (Wildman–Crippen LogP) is -0.242. The molecule has 0 bridgehead atoms. The van der Waals surface area contributed by atoms with E-state index in [2.05, 4.69) is 29.4 Å². The summed E-state index contributed by atoms with van der Waals surface area (Å²) in [4.78, 5) is 0. The Kier molecular flexibility index (Phi) is 1.67. The van der Waals surface area contributed by atoms with Crippen molar-refractivity contribution in [1.29, 1.82) is 0 Å². The fourth-order valence-corrected chi connectivity index (χ4v) is 2.02. The molecular weight excluding hydrogens is 138 g/mol. The van der Waals surface area contributed by atoms with Gasteiger partial charge in [-0.3, -0.25) is 0 Å². The first-order valence-corrected chi connectivity index (χ1v) is 4.35. The normalized spacial score (nSPS) is 29.7. The molecule has 0 unspecified atom stereocenters. The van der Waals surface area contributed by atoms with Crippen molar-refractivity contribution in [2.24, 2.45) is 5.41 Å². The third-order valence-corrected chi connectivity index (χ3v) is 2.98. The molecule has 2 fully saturated rings. The zero-order valence-corrected chi connectivity index (χ0v) is 7.43. The Hall–Kier alpha value is -0.120. The van der Waals surface area contributed by atoms with Crippen LogP contribution in [0.3, 0.4) is 0 Å². The summed E-state index contributed by atoms with van der Waals surface area (Å²) in [6.07, 6.45) is 1.37. The summed E-state index contributed by atoms with van der Waals surface area (Å²) in [6.45, 7) is 4.97. The highest BCUT2D eigenvalue weighted by molar-refractivity contribution is 4.98. The van der Waals surface area contributed by atoms with Crippen LogP contribution in [0.5, 0.6) is 0 Å². The number of nitrogens with one attached hydrogen (secondary N) is 1. The average molecular weight is 155 g/mol. The van der Waals surface area contributed by atoms with E-state index in [9.17, 15) is 0 Å². The Bertz CT molecular complexity index is 151. The minimum atomic E-state index is 0.643. The van der Waals surface area contributed by atoms with Gasteiger partial charge in [-0.05, 0) is 6.42 Å². The zero-order valence-electron chi connectivity index (χ0n) is 7.43. The van der Waals surface area contributed by atoms with Crippen LogP contribution in [0, 0.1) is 5.41 Å². The summed E-state index contributed by atoms with van der Waals surface area (Å²) in [7, 11) is 4.26. The molecule has 0 aromatic carbocycles. The van der Waals surface area contributed by atoms with E-state index in [-0.39, 0.29) is 0 Å². The van der Waals surface area contributed by atoms with Gasteiger partial charge in [0.15, 0.2) is 0 Å². The van der Waals surface area contributed by atoms with Crippen LogP contribution in [0.1, 0.15) is 6.42 Å². The van der Waals surface area contributed by atoms with E-state index in [4.69, 9.17) is 0 Å². The summed E-state index contributed by atoms with van der Waals surface area (Å²) < 4.78 is 0. The van der Waals surface area contributed by atoms with E-state index in [1.165, 1.54) is 32.6 Å². The molecule has 0 amide bonds. The van der Waals surface area contributed by atoms with Crippen molar-refractivity contribution >= 4 is 0 Å². The average Bonchev–Trinajstić information content (AvgIpc) is 2.28. The lowest BCUT2D eigenvalue weighted by Crippen LogP contribution is -2.55. The fraction of sp³-hybridized carbons (Fsp3) is 1.00. The monoisotopic (exact) mass is 155 g/mol. The molecule has 0 aliphatic carbocycles. The van der Waals surface area contributed by atoms with Gasteiger partial charge in [-0.25, -0.2) is 10.0 Å². The third kappa shape index (κ3) is 1.17. The standard InChI is InChI=1S/C8H17N3/c1-10(2)11-4-3-8(7-11)5-9-6-8/h9H,3-7H2,1-2H3. The highest BCUT2D eigenvalue weighted by atomic mass is 15.6. The van der Waals surface area contributed by atoms with Gasteiger partial charge in [0.1, 0.15) is 0 Å². The Morgan fingerprint density at radius 3 is 2.36 bits per heavy atom. The summed E-state index contributed by atoms with van der Waals surface area (Å²) in [5.41, 5.74) is 0.643. The molecule has 1 N–H and O–H groups in total. The molecule has 11 heavy (non-hydrogen) atoms. The second-order valence-corrected chi connectivity index (χ2v) is 4.09. The van der Waals surface area contributed by atoms with Gasteiger partial charge in [0.05, 0.1) is 0 Å². The molecule has 0 atom stereocenters. The van der Waals surface area contributed by atoms with Crippen molar-refractivity contribution < 1.29 is 0 Å². The van der Waals surface area contributed by atoms with Gasteiger partial charge in [-0.15, -0.1) is 0 Å². The van der Waals surface area contributed by atoms with Crippen LogP contribution in [0.2, 0.25) is 0 Å². The predicted molar refractivity (Wildman–Crippen MR) is 45.2 cm³/mol. The molecule has 0 aromatic rings. The molecule has 2 aliphatic heterocycles. The Morgan fingerprint density at radius 1 is 1.36 bits per heavy atom. The Balaban J connectivity index is 1.93. The van der Waals surface area contributed by atoms with Crippen LogP contribution in [-0.4, -0.2) is 50.3 Å². The fourth-order valence-electron chi connectivity index (χ4n) is 2.02. The number of rotatable bonds is 1. The van der Waals surface area contributed by atoms with E-state index in [0.29, 0.717) is 5.41 Å². The van der Waals surface area contributed by atoms with Gasteiger partial charge in [0, 0.05) is 45.7 Å². The lowest BCUT2D eigenvalue weighted by atomic mass is 9.81. The van der Waals surface area contributed by atoms with Crippen molar-refractivity contribution in [3.63, 3.8) is 0 Å². The summed E-state index contributed by atoms with van der Waals surface area (Å²) in [6, 6.07) is 0. The summed E-state index contributed by atoms with van der Waals surface area (Å²) in [5, 5.41) is 8.00. The number of hydrogen-bond donors (Lipinski definition) is 1. The van der Waals surface area contributed by atoms with Gasteiger partial charge < -0.3 is 5.32 Å². The summed E-state index contributed by atoms with van der Waals surface area (Å²) >= 11 is 0. The minimum absolute atomic E-state index is 0.643. The molecule has 0 radical (unpaired) electrons. The van der Waals surface area contributed by atoms with Crippen LogP contribution in [0.4, 0.5) is 0 Å². The first-order chi connectivity index (χ1) is 5.22. The van der Waals surface area contributed by atoms with Gasteiger partial charge in [-0.1, -0.05) is 0 Å². The quantitative estimate of drug-likeness (QED) is 0.564. The molecule has 2 rings (SSSR count). The number of nitrogens with zero attached hydrogens (tertiary/aromatic N) is 2. The molecule has 1 spiro atoms. The van der Waals surface area contributed by atoms with Gasteiger partial charge >= 0.3 is 0 Å². The third-order valence-electron chi connectivity index (χ3n) is 2.98. The van der Waals surface area contributed by atoms with Crippen LogP contribution in [0.15, 0.2) is 0 Å². The minimum Gasteiger partial charge on any atom is -0.315 e. The molecular formula is C8H17N3. The highest BCUT2D eigenvalue weighted by Gasteiger charge is 2.43. The maximum absolute atomic E-state index is 3.36. The zero-order chi connectivity index (χ0) is 7.90. The van der Waals surface area contributed by atoms with E-state index in [1.807, 2.05) is 0 Å². The summed E-state index contributed by atoms with van der Waals surface area (Å²) in [5.74, 6) is 0. The van der Waals surface area contributed by atoms with Crippen molar-refractivity contribution in [2.45, 2.75) is 6.42 Å². The lowest BCUT2D eigenvalue weighted by molar-refractivity contribution is 0.0297. The molecule has 64 valence electrons. The van der Waals surface area contributed by atoms with E-state index < -0.39 is 0 Å². The SMILES string of the molecule is CN(C)N1CCC2(CNC2)C1. The molecule has 2 heterocycles. The van der Waals surface area contributed by atoms with Crippen LogP contribution >= 0.6 is 0 Å². The van der Waals surface area contributed by atoms with Crippen molar-refractivity contribution in [3.8, 4) is 0 Å². The van der Waals surface area contributed by atoms with Crippen LogP contribution in [-0.2, 0) is 0 Å². The first kappa shape index (κ1) is 7.53. The maximum Gasteiger partial charge on any atom is 0.0214 e. The topological polar surface area (TPSA) is 18.5 Å². The van der Waals surface area contributed by atoms with E-state index >= 15 is 0 Å². The second-order valence-electron chi connectivity index (χ2n) is 4.09. The van der Waals surface area contributed by atoms with Gasteiger partial charge in [-0.2, -0.15) is 0 Å². The van der Waals surface area contributed by atoms with E-state index in [1.54, 1.807) is 0 Å². The molecule has 0 aromatic heterocycles. The molecule has 3 heteroatoms. The van der Waals surface area contributed by atoms with E-state index in [0.717, 1.165) is 0 Å². The highest BCUT2D eigenvalue weighted by Crippen LogP contribution is 2.33. The van der Waals surface area contributed by atoms with Crippen molar-refractivity contribution in [1.82, 2.24) is 15.3 Å². The Labute approximate surface area is 68.3 Å². The maximum atomic E-state index is 3.36. The van der Waals surface area contributed by atoms with Crippen molar-refractivity contribution in [2.75, 3.05) is 40.3 Å². The molecule has 0 saturated carbocycles.